The van der Waals surface area contributed by atoms with Crippen molar-refractivity contribution in [3.05, 3.63) is 11.6 Å². The number of hydrogen-bond acceptors (Lipinski definition) is 10. The van der Waals surface area contributed by atoms with Gasteiger partial charge in [-0.25, -0.2) is 0 Å². The Morgan fingerprint density at radius 3 is 2.22 bits per heavy atom. The van der Waals surface area contributed by atoms with Crippen molar-refractivity contribution in [2.75, 3.05) is 13.2 Å². The van der Waals surface area contributed by atoms with Gasteiger partial charge in [0, 0.05) is 33.6 Å². The monoisotopic (exact) mass is 508 g/mol. The van der Waals surface area contributed by atoms with Crippen molar-refractivity contribution in [1.29, 1.82) is 0 Å². The summed E-state index contributed by atoms with van der Waals surface area (Å²) in [6.45, 7) is 11.7. The molecule has 0 unspecified atom stereocenters. The summed E-state index contributed by atoms with van der Waals surface area (Å²) in [7, 11) is 0. The maximum Gasteiger partial charge on any atom is 0.306 e. The summed E-state index contributed by atoms with van der Waals surface area (Å²) in [6, 6.07) is 0. The van der Waals surface area contributed by atoms with Crippen molar-refractivity contribution in [2.24, 2.45) is 16.7 Å². The first-order chi connectivity index (χ1) is 16.8. The Morgan fingerprint density at radius 2 is 1.69 bits per heavy atom. The number of rotatable bonds is 7. The molecule has 10 nitrogen and oxygen atoms in total. The zero-order valence-electron chi connectivity index (χ0n) is 22.0. The molecule has 8 atom stereocenters. The second kappa shape index (κ2) is 9.13. The second-order valence-electron chi connectivity index (χ2n) is 11.1. The van der Waals surface area contributed by atoms with Gasteiger partial charge in [0.05, 0.1) is 23.5 Å². The van der Waals surface area contributed by atoms with Crippen LogP contribution in [-0.4, -0.2) is 73.2 Å². The SMILES string of the molecule is CC(=O)OC[C@]12C[C@H](OC(=O)CC(C)C)C(C)=C[C@H]1O[C@@H]1[C@@H](OC(C)=O)[C@@H](OC(C)=O)[C@@]2(C)[C@]12CO2. The Kier molecular flexibility index (Phi) is 6.75. The van der Waals surface area contributed by atoms with Crippen molar-refractivity contribution in [3.63, 3.8) is 0 Å². The van der Waals surface area contributed by atoms with E-state index in [-0.39, 0.29) is 31.3 Å². The van der Waals surface area contributed by atoms with E-state index in [9.17, 15) is 19.2 Å². The van der Waals surface area contributed by atoms with Gasteiger partial charge in [0.2, 0.25) is 0 Å². The van der Waals surface area contributed by atoms with E-state index in [4.69, 9.17) is 28.4 Å². The number of hydrogen-bond donors (Lipinski definition) is 0. The average molecular weight is 509 g/mol. The van der Waals surface area contributed by atoms with E-state index < -0.39 is 64.9 Å². The molecule has 0 N–H and O–H groups in total. The Labute approximate surface area is 210 Å². The van der Waals surface area contributed by atoms with Gasteiger partial charge >= 0.3 is 23.9 Å². The average Bonchev–Trinajstić information content (AvgIpc) is 3.52. The highest BCUT2D eigenvalue weighted by Crippen LogP contribution is 2.72. The van der Waals surface area contributed by atoms with Crippen LogP contribution in [0.4, 0.5) is 0 Å². The predicted octanol–water partition coefficient (Wildman–Crippen LogP) is 2.26. The third-order valence-electron chi connectivity index (χ3n) is 8.28. The van der Waals surface area contributed by atoms with Crippen molar-refractivity contribution < 1.29 is 47.6 Å². The van der Waals surface area contributed by atoms with Gasteiger partial charge in [-0.05, 0) is 18.4 Å². The van der Waals surface area contributed by atoms with Crippen LogP contribution < -0.4 is 0 Å². The summed E-state index contributed by atoms with van der Waals surface area (Å²) in [5.74, 6) is -1.79. The number of epoxide rings is 1. The summed E-state index contributed by atoms with van der Waals surface area (Å²) in [4.78, 5) is 49.0. The van der Waals surface area contributed by atoms with Crippen LogP contribution in [0.2, 0.25) is 0 Å². The zero-order valence-corrected chi connectivity index (χ0v) is 22.0. The third kappa shape index (κ3) is 4.02. The van der Waals surface area contributed by atoms with E-state index in [1.807, 2.05) is 33.8 Å². The topological polar surface area (TPSA) is 127 Å². The zero-order chi connectivity index (χ0) is 26.6. The van der Waals surface area contributed by atoms with Crippen LogP contribution in [0, 0.1) is 16.7 Å². The smallest absolute Gasteiger partial charge is 0.306 e. The molecule has 2 saturated heterocycles. The van der Waals surface area contributed by atoms with Crippen molar-refractivity contribution >= 4 is 23.9 Å². The molecule has 0 aromatic heterocycles. The summed E-state index contributed by atoms with van der Waals surface area (Å²) in [5, 5.41) is 0. The van der Waals surface area contributed by atoms with Gasteiger partial charge in [-0.15, -0.1) is 0 Å². The quantitative estimate of drug-likeness (QED) is 0.219. The number of carbonyl (C=O) groups excluding carboxylic acids is 4. The molecule has 4 aliphatic rings. The van der Waals surface area contributed by atoms with Gasteiger partial charge in [-0.1, -0.05) is 26.8 Å². The van der Waals surface area contributed by atoms with Gasteiger partial charge in [0.25, 0.3) is 0 Å². The van der Waals surface area contributed by atoms with Crippen LogP contribution in [0.25, 0.3) is 0 Å². The number of esters is 4. The molecule has 36 heavy (non-hydrogen) atoms. The maximum absolute atomic E-state index is 12.6. The highest BCUT2D eigenvalue weighted by atomic mass is 16.7. The summed E-state index contributed by atoms with van der Waals surface area (Å²) >= 11 is 0. The molecule has 2 aliphatic carbocycles. The highest BCUT2D eigenvalue weighted by molar-refractivity contribution is 5.70. The first-order valence-electron chi connectivity index (χ1n) is 12.4. The van der Waals surface area contributed by atoms with Crippen LogP contribution in [0.5, 0.6) is 0 Å². The van der Waals surface area contributed by atoms with Crippen LogP contribution in [0.1, 0.15) is 61.3 Å². The van der Waals surface area contributed by atoms with Gasteiger partial charge < -0.3 is 28.4 Å². The molecule has 1 spiro atoms. The molecule has 0 amide bonds. The molecule has 4 rings (SSSR count). The van der Waals surface area contributed by atoms with Crippen molar-refractivity contribution in [3.8, 4) is 0 Å². The molecule has 3 fully saturated rings. The van der Waals surface area contributed by atoms with E-state index in [1.54, 1.807) is 0 Å². The highest BCUT2D eigenvalue weighted by Gasteiger charge is 2.87. The molecule has 200 valence electrons. The molecule has 0 aromatic carbocycles. The fourth-order valence-corrected chi connectivity index (χ4v) is 6.55. The molecule has 2 aliphatic heterocycles. The Hall–Kier alpha value is -2.46. The molecule has 2 bridgehead atoms. The maximum atomic E-state index is 12.6. The first-order valence-corrected chi connectivity index (χ1v) is 12.4. The molecular formula is C26H36O10. The second-order valence-corrected chi connectivity index (χ2v) is 11.1. The normalized spacial score (nSPS) is 40.2. The van der Waals surface area contributed by atoms with Crippen LogP contribution >= 0.6 is 0 Å². The molecular weight excluding hydrogens is 472 g/mol. The van der Waals surface area contributed by atoms with Gasteiger partial charge in [0.15, 0.2) is 12.2 Å². The summed E-state index contributed by atoms with van der Waals surface area (Å²) < 4.78 is 35.7. The largest absolute Gasteiger partial charge is 0.465 e. The first kappa shape index (κ1) is 26.6. The minimum absolute atomic E-state index is 0.0894. The lowest BCUT2D eigenvalue weighted by atomic mass is 9.51. The standard InChI is InChI=1S/C26H36O10/c1-13(2)8-20(30)35-18-10-25(11-31-15(4)27)19(9-14(18)3)36-23-21(33-16(5)28)22(34-17(6)29)24(25,7)26(23)12-32-26/h9,13,18-19,21-23H,8,10-12H2,1-7H3/t18-,19+,21-,22+,23+,24+,25+,26-/m0/s1. The fourth-order valence-electron chi connectivity index (χ4n) is 6.55. The predicted molar refractivity (Wildman–Crippen MR) is 123 cm³/mol. The van der Waals surface area contributed by atoms with Crippen LogP contribution in [-0.2, 0) is 47.6 Å². The van der Waals surface area contributed by atoms with Crippen LogP contribution in [0.15, 0.2) is 11.6 Å². The lowest BCUT2D eigenvalue weighted by molar-refractivity contribution is -0.241. The minimum Gasteiger partial charge on any atom is -0.465 e. The third-order valence-corrected chi connectivity index (χ3v) is 8.28. The van der Waals surface area contributed by atoms with Crippen molar-refractivity contribution in [1.82, 2.24) is 0 Å². The Balaban J connectivity index is 1.83. The minimum atomic E-state index is -1.01. The van der Waals surface area contributed by atoms with Gasteiger partial charge in [-0.2, -0.15) is 0 Å². The molecule has 2 heterocycles. The number of carbonyl (C=O) groups is 4. The molecule has 10 heteroatoms. The number of fused-ring (bicyclic) bond motifs is 2. The molecule has 0 radical (unpaired) electrons. The van der Waals surface area contributed by atoms with Gasteiger partial charge in [0.1, 0.15) is 24.4 Å². The Morgan fingerprint density at radius 1 is 1.06 bits per heavy atom. The van der Waals surface area contributed by atoms with E-state index in [0.717, 1.165) is 5.57 Å². The lowest BCUT2D eigenvalue weighted by Crippen LogP contribution is -2.68. The van der Waals surface area contributed by atoms with Crippen LogP contribution in [0.3, 0.4) is 0 Å². The lowest BCUT2D eigenvalue weighted by Gasteiger charge is -2.58. The summed E-state index contributed by atoms with van der Waals surface area (Å²) in [6.07, 6.45) is -1.38. The van der Waals surface area contributed by atoms with E-state index in [2.05, 4.69) is 0 Å². The van der Waals surface area contributed by atoms with E-state index in [0.29, 0.717) is 6.61 Å². The van der Waals surface area contributed by atoms with E-state index in [1.165, 1.54) is 20.8 Å². The van der Waals surface area contributed by atoms with E-state index >= 15 is 0 Å². The Bertz CT molecular complexity index is 981. The fraction of sp³-hybridized carbons (Fsp3) is 0.769. The van der Waals surface area contributed by atoms with Crippen molar-refractivity contribution in [2.45, 2.75) is 97.4 Å². The molecule has 0 aromatic rings. The summed E-state index contributed by atoms with van der Waals surface area (Å²) in [5.41, 5.74) is -2.15. The number of ether oxygens (including phenoxy) is 6. The van der Waals surface area contributed by atoms with Gasteiger partial charge in [-0.3, -0.25) is 19.2 Å². The molecule has 1 saturated carbocycles.